The molecule has 6 heteroatoms. The Balaban J connectivity index is 1.42. The van der Waals surface area contributed by atoms with Gasteiger partial charge < -0.3 is 15.0 Å². The summed E-state index contributed by atoms with van der Waals surface area (Å²) in [4.78, 5) is 28.0. The lowest BCUT2D eigenvalue weighted by atomic mass is 9.86. The molecule has 5 rings (SSSR count). The van der Waals surface area contributed by atoms with E-state index < -0.39 is 6.10 Å². The second-order valence-corrected chi connectivity index (χ2v) is 8.80. The number of nitriles is 1. The van der Waals surface area contributed by atoms with Gasteiger partial charge in [0.25, 0.3) is 11.8 Å². The quantitative estimate of drug-likeness (QED) is 0.608. The van der Waals surface area contributed by atoms with Crippen LogP contribution in [0, 0.1) is 11.3 Å². The van der Waals surface area contributed by atoms with E-state index in [4.69, 9.17) is 10.00 Å². The molecule has 3 aromatic carbocycles. The number of nitrogens with one attached hydrogen (secondary N) is 1. The van der Waals surface area contributed by atoms with Crippen molar-refractivity contribution in [2.75, 3.05) is 5.32 Å². The highest BCUT2D eigenvalue weighted by Gasteiger charge is 2.35. The van der Waals surface area contributed by atoms with Crippen molar-refractivity contribution >= 4 is 17.5 Å². The first kappa shape index (κ1) is 21.7. The summed E-state index contributed by atoms with van der Waals surface area (Å²) in [6, 6.07) is 22.4. The summed E-state index contributed by atoms with van der Waals surface area (Å²) in [5.41, 5.74) is 4.97. The number of carbonyl (C=O) groups excluding carboxylic acids is 2. The van der Waals surface area contributed by atoms with Crippen molar-refractivity contribution in [2.24, 2.45) is 0 Å². The van der Waals surface area contributed by atoms with Crippen LogP contribution < -0.4 is 10.1 Å². The average Bonchev–Trinajstić information content (AvgIpc) is 2.99. The van der Waals surface area contributed by atoms with Crippen LogP contribution in [0.2, 0.25) is 0 Å². The van der Waals surface area contributed by atoms with Gasteiger partial charge in [0.1, 0.15) is 5.75 Å². The topological polar surface area (TPSA) is 82.4 Å². The van der Waals surface area contributed by atoms with Crippen LogP contribution in [0.3, 0.4) is 0 Å². The van der Waals surface area contributed by atoms with Gasteiger partial charge in [0, 0.05) is 16.8 Å². The fourth-order valence-corrected chi connectivity index (χ4v) is 4.85. The lowest BCUT2D eigenvalue weighted by Crippen LogP contribution is -2.41. The van der Waals surface area contributed by atoms with Gasteiger partial charge in [-0.05, 0) is 79.8 Å². The maximum atomic E-state index is 13.3. The van der Waals surface area contributed by atoms with Crippen molar-refractivity contribution in [3.63, 3.8) is 0 Å². The van der Waals surface area contributed by atoms with Crippen molar-refractivity contribution < 1.29 is 14.3 Å². The number of ether oxygens (including phenoxy) is 1. The molecule has 2 amide bonds. The van der Waals surface area contributed by atoms with E-state index in [1.54, 1.807) is 37.3 Å². The third-order valence-electron chi connectivity index (χ3n) is 6.58. The third kappa shape index (κ3) is 4.13. The van der Waals surface area contributed by atoms with E-state index in [1.807, 2.05) is 29.2 Å². The van der Waals surface area contributed by atoms with Gasteiger partial charge in [-0.1, -0.05) is 24.3 Å². The Morgan fingerprint density at radius 1 is 1.09 bits per heavy atom. The third-order valence-corrected chi connectivity index (χ3v) is 6.58. The van der Waals surface area contributed by atoms with Crippen molar-refractivity contribution in [1.29, 1.82) is 5.26 Å². The number of nitrogens with zero attached hydrogens (tertiary/aromatic N) is 2. The Labute approximate surface area is 198 Å². The molecule has 6 nitrogen and oxygen atoms in total. The number of amides is 2. The molecule has 2 atom stereocenters. The van der Waals surface area contributed by atoms with Crippen LogP contribution in [0.25, 0.3) is 0 Å². The average molecular weight is 452 g/mol. The summed E-state index contributed by atoms with van der Waals surface area (Å²) in [6.45, 7) is 2.21. The number of aryl methyl sites for hydroxylation is 1. The van der Waals surface area contributed by atoms with Crippen LogP contribution in [-0.4, -0.2) is 22.8 Å². The molecule has 0 radical (unpaired) electrons. The van der Waals surface area contributed by atoms with Gasteiger partial charge in [-0.25, -0.2) is 0 Å². The SMILES string of the molecule is C[C@H]1Oc2ccc(NC(=O)c3ccc(C#N)cc3)cc2CN([C@H]2CCCc3ccccc32)C1=O. The molecule has 0 spiro atoms. The van der Waals surface area contributed by atoms with E-state index in [0.717, 1.165) is 24.8 Å². The summed E-state index contributed by atoms with van der Waals surface area (Å²) < 4.78 is 6.01. The molecule has 0 fully saturated rings. The Hall–Kier alpha value is -4.11. The fraction of sp³-hybridized carbons (Fsp3) is 0.250. The number of benzene rings is 3. The number of fused-ring (bicyclic) bond motifs is 2. The van der Waals surface area contributed by atoms with Crippen LogP contribution in [0.5, 0.6) is 5.75 Å². The molecule has 1 heterocycles. The molecule has 170 valence electrons. The monoisotopic (exact) mass is 451 g/mol. The van der Waals surface area contributed by atoms with Gasteiger partial charge in [-0.2, -0.15) is 5.26 Å². The highest BCUT2D eigenvalue weighted by atomic mass is 16.5. The van der Waals surface area contributed by atoms with E-state index >= 15 is 0 Å². The summed E-state index contributed by atoms with van der Waals surface area (Å²) in [7, 11) is 0. The smallest absolute Gasteiger partial charge is 0.264 e. The van der Waals surface area contributed by atoms with E-state index in [-0.39, 0.29) is 17.9 Å². The normalized spacial score (nSPS) is 19.2. The lowest BCUT2D eigenvalue weighted by Gasteiger charge is -2.35. The van der Waals surface area contributed by atoms with Gasteiger partial charge in [0.05, 0.1) is 24.2 Å². The molecule has 1 aliphatic heterocycles. The first-order chi connectivity index (χ1) is 16.5. The standard InChI is InChI=1S/C28H25N3O3/c1-18-28(33)31(25-8-4-6-20-5-2-3-7-24(20)25)17-22-15-23(13-14-26(22)34-18)30-27(32)21-11-9-19(16-29)10-12-21/h2-3,5,7,9-15,18,25H,4,6,8,17H2,1H3,(H,30,32)/t18-,25+/m1/s1. The summed E-state index contributed by atoms with van der Waals surface area (Å²) in [5, 5.41) is 11.9. The van der Waals surface area contributed by atoms with Crippen LogP contribution in [0.1, 0.15) is 58.4 Å². The highest BCUT2D eigenvalue weighted by Crippen LogP contribution is 2.38. The van der Waals surface area contributed by atoms with Gasteiger partial charge in [0.15, 0.2) is 6.10 Å². The largest absolute Gasteiger partial charge is 0.481 e. The minimum atomic E-state index is -0.588. The highest BCUT2D eigenvalue weighted by molar-refractivity contribution is 6.04. The summed E-state index contributed by atoms with van der Waals surface area (Å²) in [6.07, 6.45) is 2.39. The molecule has 0 aromatic heterocycles. The molecule has 0 saturated carbocycles. The molecular weight excluding hydrogens is 426 g/mol. The van der Waals surface area contributed by atoms with Crippen LogP contribution in [0.4, 0.5) is 5.69 Å². The molecule has 1 aliphatic carbocycles. The number of carbonyl (C=O) groups is 2. The Bertz CT molecular complexity index is 1290. The van der Waals surface area contributed by atoms with E-state index in [2.05, 4.69) is 23.5 Å². The molecule has 34 heavy (non-hydrogen) atoms. The van der Waals surface area contributed by atoms with Crippen molar-refractivity contribution in [1.82, 2.24) is 4.90 Å². The Morgan fingerprint density at radius 3 is 2.68 bits per heavy atom. The summed E-state index contributed by atoms with van der Waals surface area (Å²) >= 11 is 0. The number of hydrogen-bond donors (Lipinski definition) is 1. The first-order valence-corrected chi connectivity index (χ1v) is 11.5. The summed E-state index contributed by atoms with van der Waals surface area (Å²) in [5.74, 6) is 0.367. The fourth-order valence-electron chi connectivity index (χ4n) is 4.85. The van der Waals surface area contributed by atoms with Crippen LogP contribution >= 0.6 is 0 Å². The Morgan fingerprint density at radius 2 is 1.88 bits per heavy atom. The van der Waals surface area contributed by atoms with Crippen LogP contribution in [-0.2, 0) is 17.8 Å². The first-order valence-electron chi connectivity index (χ1n) is 11.5. The van der Waals surface area contributed by atoms with Gasteiger partial charge in [-0.15, -0.1) is 0 Å². The zero-order valence-corrected chi connectivity index (χ0v) is 19.0. The molecule has 0 bridgehead atoms. The molecule has 3 aromatic rings. The van der Waals surface area contributed by atoms with Gasteiger partial charge in [0.2, 0.25) is 0 Å². The van der Waals surface area contributed by atoms with E-state index in [0.29, 0.717) is 29.1 Å². The van der Waals surface area contributed by atoms with Crippen molar-refractivity contribution in [3.05, 3.63) is 94.5 Å². The molecule has 1 N–H and O–H groups in total. The number of rotatable bonds is 3. The number of hydrogen-bond acceptors (Lipinski definition) is 4. The minimum Gasteiger partial charge on any atom is -0.481 e. The number of anilines is 1. The molecule has 2 aliphatic rings. The Kier molecular flexibility index (Phi) is 5.77. The zero-order chi connectivity index (χ0) is 23.7. The van der Waals surface area contributed by atoms with Gasteiger partial charge >= 0.3 is 0 Å². The maximum absolute atomic E-state index is 13.3. The lowest BCUT2D eigenvalue weighted by molar-refractivity contribution is -0.140. The van der Waals surface area contributed by atoms with Gasteiger partial charge in [-0.3, -0.25) is 9.59 Å². The minimum absolute atomic E-state index is 0.00588. The van der Waals surface area contributed by atoms with Crippen LogP contribution in [0.15, 0.2) is 66.7 Å². The predicted molar refractivity (Wildman–Crippen MR) is 128 cm³/mol. The maximum Gasteiger partial charge on any atom is 0.264 e. The predicted octanol–water partition coefficient (Wildman–Crippen LogP) is 5.00. The second kappa shape index (κ2) is 9.03. The van der Waals surface area contributed by atoms with Crippen molar-refractivity contribution in [2.45, 2.75) is 44.9 Å². The molecule has 0 unspecified atom stereocenters. The second-order valence-electron chi connectivity index (χ2n) is 8.80. The zero-order valence-electron chi connectivity index (χ0n) is 19.0. The van der Waals surface area contributed by atoms with E-state index in [1.165, 1.54) is 11.1 Å². The molecule has 0 saturated heterocycles. The van der Waals surface area contributed by atoms with Crippen molar-refractivity contribution in [3.8, 4) is 11.8 Å². The van der Waals surface area contributed by atoms with E-state index in [9.17, 15) is 9.59 Å². The molecular formula is C28H25N3O3.